The van der Waals surface area contributed by atoms with Crippen molar-refractivity contribution in [2.24, 2.45) is 22.5 Å². The highest BCUT2D eigenvalue weighted by Gasteiger charge is 2.02. The highest BCUT2D eigenvalue weighted by molar-refractivity contribution is 5.81. The van der Waals surface area contributed by atoms with Crippen molar-refractivity contribution in [3.63, 3.8) is 0 Å². The van der Waals surface area contributed by atoms with Crippen LogP contribution < -0.4 is 11.5 Å². The summed E-state index contributed by atoms with van der Waals surface area (Å²) < 4.78 is 0. The number of hydrogen-bond donors (Lipinski definition) is 3. The van der Waals surface area contributed by atoms with Gasteiger partial charge in [0.2, 0.25) is 0 Å². The maximum absolute atomic E-state index is 8.04. The van der Waals surface area contributed by atoms with E-state index >= 15 is 0 Å². The van der Waals surface area contributed by atoms with Gasteiger partial charge in [0.1, 0.15) is 5.84 Å². The Morgan fingerprint density at radius 2 is 2.38 bits per heavy atom. The van der Waals surface area contributed by atoms with Crippen LogP contribution in [0.1, 0.15) is 6.92 Å². The molecule has 4 nitrogen and oxygen atoms in total. The van der Waals surface area contributed by atoms with E-state index in [1.165, 1.54) is 0 Å². The van der Waals surface area contributed by atoms with E-state index in [2.05, 4.69) is 5.16 Å². The summed E-state index contributed by atoms with van der Waals surface area (Å²) in [6, 6.07) is 0. The van der Waals surface area contributed by atoms with E-state index in [0.29, 0.717) is 6.54 Å². The van der Waals surface area contributed by atoms with E-state index in [4.69, 9.17) is 16.7 Å². The average molecular weight is 117 g/mol. The quantitative estimate of drug-likeness (QED) is 0.194. The van der Waals surface area contributed by atoms with E-state index in [-0.39, 0.29) is 11.8 Å². The summed E-state index contributed by atoms with van der Waals surface area (Å²) >= 11 is 0. The lowest BCUT2D eigenvalue weighted by Gasteiger charge is -2.02. The summed E-state index contributed by atoms with van der Waals surface area (Å²) in [6.07, 6.45) is 0. The first kappa shape index (κ1) is 7.23. The Bertz CT molecular complexity index is 91.3. The van der Waals surface area contributed by atoms with Crippen LogP contribution >= 0.6 is 0 Å². The molecule has 0 radical (unpaired) electrons. The zero-order valence-corrected chi connectivity index (χ0v) is 4.83. The van der Waals surface area contributed by atoms with Crippen LogP contribution in [0, 0.1) is 5.92 Å². The van der Waals surface area contributed by atoms with Crippen molar-refractivity contribution in [1.82, 2.24) is 0 Å². The van der Waals surface area contributed by atoms with Gasteiger partial charge in [-0.25, -0.2) is 0 Å². The van der Waals surface area contributed by atoms with Crippen molar-refractivity contribution in [1.29, 1.82) is 0 Å². The molecule has 4 heteroatoms. The van der Waals surface area contributed by atoms with Gasteiger partial charge in [0, 0.05) is 12.5 Å². The number of amidine groups is 1. The Morgan fingerprint density at radius 3 is 2.50 bits per heavy atom. The zero-order valence-electron chi connectivity index (χ0n) is 4.83. The Morgan fingerprint density at radius 1 is 1.88 bits per heavy atom. The molecule has 0 aromatic rings. The molecule has 0 saturated heterocycles. The molecule has 0 saturated carbocycles. The second kappa shape index (κ2) is 3.26. The number of nitrogens with zero attached hydrogens (tertiary/aromatic N) is 1. The minimum atomic E-state index is -0.0278. The molecule has 48 valence electrons. The molecule has 0 amide bonds. The van der Waals surface area contributed by atoms with E-state index in [1.807, 2.05) is 0 Å². The lowest BCUT2D eigenvalue weighted by atomic mass is 10.2. The van der Waals surface area contributed by atoms with Gasteiger partial charge in [-0.15, -0.1) is 0 Å². The van der Waals surface area contributed by atoms with Crippen LogP contribution in [0.2, 0.25) is 0 Å². The van der Waals surface area contributed by atoms with Gasteiger partial charge >= 0.3 is 0 Å². The molecule has 5 N–H and O–H groups in total. The summed E-state index contributed by atoms with van der Waals surface area (Å²) in [5.74, 6) is 0.160. The first-order valence-corrected chi connectivity index (χ1v) is 2.39. The number of hydrogen-bond acceptors (Lipinski definition) is 3. The molecule has 0 bridgehead atoms. The molecule has 8 heavy (non-hydrogen) atoms. The van der Waals surface area contributed by atoms with Crippen LogP contribution in [-0.4, -0.2) is 17.6 Å². The topological polar surface area (TPSA) is 84.6 Å². The van der Waals surface area contributed by atoms with Gasteiger partial charge in [-0.2, -0.15) is 0 Å². The fourth-order valence-corrected chi connectivity index (χ4v) is 0.219. The lowest BCUT2D eigenvalue weighted by Crippen LogP contribution is -2.27. The van der Waals surface area contributed by atoms with E-state index in [9.17, 15) is 0 Å². The van der Waals surface area contributed by atoms with Gasteiger partial charge in [-0.1, -0.05) is 12.1 Å². The molecule has 0 fully saturated rings. The Labute approximate surface area is 48.2 Å². The van der Waals surface area contributed by atoms with Crippen molar-refractivity contribution < 1.29 is 5.21 Å². The van der Waals surface area contributed by atoms with Crippen molar-refractivity contribution >= 4 is 5.84 Å². The molecule has 0 aromatic heterocycles. The van der Waals surface area contributed by atoms with Gasteiger partial charge in [-0.05, 0) is 0 Å². The second-order valence-electron chi connectivity index (χ2n) is 1.66. The summed E-state index contributed by atoms with van der Waals surface area (Å²) in [5, 5.41) is 10.8. The normalized spacial score (nSPS) is 16.0. The summed E-state index contributed by atoms with van der Waals surface area (Å²) in [6.45, 7) is 2.20. The van der Waals surface area contributed by atoms with Crippen molar-refractivity contribution in [2.45, 2.75) is 6.92 Å². The predicted molar refractivity (Wildman–Crippen MR) is 31.6 cm³/mol. The summed E-state index contributed by atoms with van der Waals surface area (Å²) in [7, 11) is 0. The van der Waals surface area contributed by atoms with Crippen LogP contribution in [0.3, 0.4) is 0 Å². The van der Waals surface area contributed by atoms with E-state index < -0.39 is 0 Å². The van der Waals surface area contributed by atoms with Crippen LogP contribution in [0.15, 0.2) is 5.16 Å². The maximum Gasteiger partial charge on any atom is 0.143 e. The highest BCUT2D eigenvalue weighted by Crippen LogP contribution is 1.88. The fourth-order valence-electron chi connectivity index (χ4n) is 0.219. The Balaban J connectivity index is 3.63. The van der Waals surface area contributed by atoms with Crippen molar-refractivity contribution in [2.75, 3.05) is 6.54 Å². The van der Waals surface area contributed by atoms with Crippen LogP contribution in [-0.2, 0) is 0 Å². The van der Waals surface area contributed by atoms with Gasteiger partial charge in [0.25, 0.3) is 0 Å². The molecule has 0 spiro atoms. The molecule has 0 heterocycles. The van der Waals surface area contributed by atoms with Gasteiger partial charge < -0.3 is 16.7 Å². The first-order valence-electron chi connectivity index (χ1n) is 2.39. The number of nitrogens with two attached hydrogens (primary N) is 2. The van der Waals surface area contributed by atoms with Gasteiger partial charge in [0.05, 0.1) is 0 Å². The molecule has 1 atom stereocenters. The Kier molecular flexibility index (Phi) is 2.95. The minimum Gasteiger partial charge on any atom is -0.409 e. The van der Waals surface area contributed by atoms with E-state index in [1.54, 1.807) is 6.92 Å². The molecule has 1 unspecified atom stereocenters. The first-order chi connectivity index (χ1) is 3.72. The summed E-state index contributed by atoms with van der Waals surface area (Å²) in [5.41, 5.74) is 10.3. The van der Waals surface area contributed by atoms with E-state index in [0.717, 1.165) is 0 Å². The monoisotopic (exact) mass is 117 g/mol. The van der Waals surface area contributed by atoms with Crippen LogP contribution in [0.4, 0.5) is 0 Å². The number of oxime groups is 1. The van der Waals surface area contributed by atoms with Gasteiger partial charge in [-0.3, -0.25) is 0 Å². The highest BCUT2D eigenvalue weighted by atomic mass is 16.4. The van der Waals surface area contributed by atoms with Gasteiger partial charge in [0.15, 0.2) is 0 Å². The van der Waals surface area contributed by atoms with Crippen LogP contribution in [0.5, 0.6) is 0 Å². The second-order valence-corrected chi connectivity index (χ2v) is 1.66. The smallest absolute Gasteiger partial charge is 0.143 e. The molecule has 0 aliphatic carbocycles. The fraction of sp³-hybridized carbons (Fsp3) is 0.750. The third kappa shape index (κ3) is 1.79. The standard InChI is InChI=1S/C4H11N3O/c1-3(2-5)4(6)7-8/h3,8H,2,5H2,1H3,(H2,6,7). The molecular formula is C4H11N3O. The number of rotatable bonds is 2. The average Bonchev–Trinajstić information content (AvgIpc) is 1.84. The lowest BCUT2D eigenvalue weighted by molar-refractivity contribution is 0.314. The largest absolute Gasteiger partial charge is 0.409 e. The molecular weight excluding hydrogens is 106 g/mol. The molecule has 0 aliphatic rings. The summed E-state index contributed by atoms with van der Waals surface area (Å²) in [4.78, 5) is 0. The van der Waals surface area contributed by atoms with Crippen molar-refractivity contribution in [3.8, 4) is 0 Å². The molecule has 0 aromatic carbocycles. The molecule has 0 rings (SSSR count). The SMILES string of the molecule is CC(CN)/C(N)=N/O. The van der Waals surface area contributed by atoms with Crippen LogP contribution in [0.25, 0.3) is 0 Å². The maximum atomic E-state index is 8.04. The third-order valence-electron chi connectivity index (χ3n) is 0.974. The molecule has 0 aliphatic heterocycles. The zero-order chi connectivity index (χ0) is 6.57. The third-order valence-corrected chi connectivity index (χ3v) is 0.974. The Hall–Kier alpha value is -0.770. The minimum absolute atomic E-state index is 0.0278. The predicted octanol–water partition coefficient (Wildman–Crippen LogP) is -0.672. The van der Waals surface area contributed by atoms with Crippen molar-refractivity contribution in [3.05, 3.63) is 0 Å².